The van der Waals surface area contributed by atoms with Crippen LogP contribution in [0.15, 0.2) is 189 Å². The lowest BCUT2D eigenvalue weighted by atomic mass is 10.0. The summed E-state index contributed by atoms with van der Waals surface area (Å²) in [6, 6.07) is 61.4. The number of nitrogens with zero attached hydrogens (tertiary/aromatic N) is 1. The first-order valence-corrected chi connectivity index (χ1v) is 17.5. The second-order valence-electron chi connectivity index (χ2n) is 13.3. The quantitative estimate of drug-likeness (QED) is 0.183. The summed E-state index contributed by atoms with van der Waals surface area (Å²) in [6.07, 6.45) is 0. The van der Waals surface area contributed by atoms with Crippen LogP contribution in [0.1, 0.15) is 0 Å². The first-order chi connectivity index (χ1) is 25.7. The summed E-state index contributed by atoms with van der Waals surface area (Å²) in [7, 11) is 0. The van der Waals surface area contributed by atoms with Crippen molar-refractivity contribution in [3.8, 4) is 22.3 Å². The molecule has 0 atom stereocenters. The number of hydrogen-bond acceptors (Lipinski definition) is 4. The van der Waals surface area contributed by atoms with Crippen LogP contribution in [-0.2, 0) is 0 Å². The van der Waals surface area contributed by atoms with E-state index < -0.39 is 0 Å². The van der Waals surface area contributed by atoms with Crippen molar-refractivity contribution in [3.63, 3.8) is 0 Å². The van der Waals surface area contributed by atoms with Gasteiger partial charge in [0.05, 0.1) is 5.69 Å². The van der Waals surface area contributed by atoms with Gasteiger partial charge < -0.3 is 18.2 Å². The zero-order valence-electron chi connectivity index (χ0n) is 27.9. The van der Waals surface area contributed by atoms with Gasteiger partial charge in [0, 0.05) is 43.7 Å². The lowest BCUT2D eigenvalue weighted by molar-refractivity contribution is 0.668. The minimum Gasteiger partial charge on any atom is -0.456 e. The Bertz CT molecular complexity index is 2970. The fraction of sp³-hybridized carbons (Fsp3) is 0. The summed E-state index contributed by atoms with van der Waals surface area (Å²) in [4.78, 5) is 2.28. The number of fused-ring (bicyclic) bond motifs is 9. The second kappa shape index (κ2) is 11.2. The molecule has 0 amide bonds. The molecule has 0 N–H and O–H groups in total. The Balaban J connectivity index is 1.01. The largest absolute Gasteiger partial charge is 0.456 e. The highest BCUT2D eigenvalue weighted by Crippen LogP contribution is 2.43. The Labute approximate surface area is 298 Å². The van der Waals surface area contributed by atoms with Crippen molar-refractivity contribution in [2.75, 3.05) is 4.90 Å². The third kappa shape index (κ3) is 4.48. The SMILES string of the molecule is c1ccc2c(c1)oc1cc(-c3ccc(N(c4ccc(-c5ccc6c(c5)oc5ccccc56)cc4)c4cccc5c4oc4ccccc45)cc3)ccc12. The lowest BCUT2D eigenvalue weighted by Gasteiger charge is -2.26. The smallest absolute Gasteiger partial charge is 0.159 e. The molecule has 0 spiro atoms. The Morgan fingerprint density at radius 3 is 1.21 bits per heavy atom. The van der Waals surface area contributed by atoms with Crippen LogP contribution in [0.25, 0.3) is 88.1 Å². The fourth-order valence-corrected chi connectivity index (χ4v) is 7.75. The first-order valence-electron chi connectivity index (χ1n) is 17.5. The molecule has 4 heteroatoms. The Hall–Kier alpha value is -7.04. The van der Waals surface area contributed by atoms with E-state index in [0.29, 0.717) is 0 Å². The van der Waals surface area contributed by atoms with Crippen molar-refractivity contribution in [1.82, 2.24) is 0 Å². The van der Waals surface area contributed by atoms with Gasteiger partial charge in [-0.15, -0.1) is 0 Å². The number of hydrogen-bond donors (Lipinski definition) is 0. The van der Waals surface area contributed by atoms with E-state index in [-0.39, 0.29) is 0 Å². The normalized spacial score (nSPS) is 11.8. The van der Waals surface area contributed by atoms with Gasteiger partial charge in [-0.1, -0.05) is 103 Å². The molecule has 0 aliphatic carbocycles. The molecule has 0 fully saturated rings. The van der Waals surface area contributed by atoms with Gasteiger partial charge in [-0.2, -0.15) is 0 Å². The standard InChI is InChI=1S/C48H29NO3/c1-4-13-43-36(8-1)39-26-20-32(28-46(39)50-43)30-16-22-34(23-17-30)49(42-12-7-11-41-38-10-3-6-15-45(38)52-48(41)42)35-24-18-31(19-25-35)33-21-27-40-37-9-2-5-14-44(37)51-47(40)29-33/h1-29H. The van der Waals surface area contributed by atoms with E-state index in [0.717, 1.165) is 105 Å². The van der Waals surface area contributed by atoms with Crippen LogP contribution in [0.4, 0.5) is 17.1 Å². The minimum absolute atomic E-state index is 0.850. The zero-order chi connectivity index (χ0) is 34.2. The van der Waals surface area contributed by atoms with Crippen molar-refractivity contribution in [2.24, 2.45) is 0 Å². The average molecular weight is 668 g/mol. The number of anilines is 3. The average Bonchev–Trinajstić information content (AvgIpc) is 3.89. The van der Waals surface area contributed by atoms with Gasteiger partial charge in [0.2, 0.25) is 0 Å². The van der Waals surface area contributed by atoms with Crippen LogP contribution in [0, 0.1) is 0 Å². The van der Waals surface area contributed by atoms with E-state index in [1.54, 1.807) is 0 Å². The van der Waals surface area contributed by atoms with Crippen LogP contribution in [0.2, 0.25) is 0 Å². The number of benzene rings is 8. The summed E-state index contributed by atoms with van der Waals surface area (Å²) in [5.74, 6) is 0. The number of rotatable bonds is 5. The van der Waals surface area contributed by atoms with E-state index in [1.807, 2.05) is 36.4 Å². The van der Waals surface area contributed by atoms with Crippen LogP contribution in [0.3, 0.4) is 0 Å². The first kappa shape index (κ1) is 28.8. The maximum Gasteiger partial charge on any atom is 0.159 e. The minimum atomic E-state index is 0.850. The van der Waals surface area contributed by atoms with E-state index in [2.05, 4.69) is 144 Å². The van der Waals surface area contributed by atoms with Crippen LogP contribution < -0.4 is 4.90 Å². The molecule has 3 aromatic heterocycles. The van der Waals surface area contributed by atoms with Gasteiger partial charge in [-0.25, -0.2) is 0 Å². The number of para-hydroxylation sites is 4. The summed E-state index contributed by atoms with van der Waals surface area (Å²) in [5.41, 5.74) is 12.8. The summed E-state index contributed by atoms with van der Waals surface area (Å²) >= 11 is 0. The highest BCUT2D eigenvalue weighted by atomic mass is 16.3. The Morgan fingerprint density at radius 2 is 0.692 bits per heavy atom. The van der Waals surface area contributed by atoms with E-state index in [9.17, 15) is 0 Å². The predicted octanol–water partition coefficient (Wildman–Crippen LogP) is 14.2. The molecule has 0 radical (unpaired) electrons. The molecule has 11 rings (SSSR count). The number of furan rings is 3. The van der Waals surface area contributed by atoms with Crippen LogP contribution >= 0.6 is 0 Å². The van der Waals surface area contributed by atoms with Gasteiger partial charge in [0.1, 0.15) is 27.9 Å². The predicted molar refractivity (Wildman–Crippen MR) is 214 cm³/mol. The molecule has 4 nitrogen and oxygen atoms in total. The molecule has 52 heavy (non-hydrogen) atoms. The Kier molecular flexibility index (Phi) is 6.22. The van der Waals surface area contributed by atoms with Crippen molar-refractivity contribution in [3.05, 3.63) is 176 Å². The monoisotopic (exact) mass is 667 g/mol. The zero-order valence-corrected chi connectivity index (χ0v) is 27.9. The topological polar surface area (TPSA) is 42.7 Å². The lowest BCUT2D eigenvalue weighted by Crippen LogP contribution is -2.10. The molecule has 0 aliphatic rings. The molecular formula is C48H29NO3. The second-order valence-corrected chi connectivity index (χ2v) is 13.3. The van der Waals surface area contributed by atoms with Crippen molar-refractivity contribution >= 4 is 82.9 Å². The highest BCUT2D eigenvalue weighted by molar-refractivity contribution is 6.11. The molecule has 0 aliphatic heterocycles. The van der Waals surface area contributed by atoms with Crippen LogP contribution in [0.5, 0.6) is 0 Å². The van der Waals surface area contributed by atoms with Gasteiger partial charge >= 0.3 is 0 Å². The molecule has 0 bridgehead atoms. The fourth-order valence-electron chi connectivity index (χ4n) is 7.75. The molecule has 244 valence electrons. The molecule has 8 aromatic carbocycles. The maximum atomic E-state index is 6.56. The third-order valence-electron chi connectivity index (χ3n) is 10.3. The molecule has 3 heterocycles. The van der Waals surface area contributed by atoms with Crippen molar-refractivity contribution < 1.29 is 13.3 Å². The van der Waals surface area contributed by atoms with Crippen molar-refractivity contribution in [2.45, 2.75) is 0 Å². The molecule has 0 saturated carbocycles. The Morgan fingerprint density at radius 1 is 0.288 bits per heavy atom. The summed E-state index contributed by atoms with van der Waals surface area (Å²) in [6.45, 7) is 0. The van der Waals surface area contributed by atoms with Crippen LogP contribution in [-0.4, -0.2) is 0 Å². The summed E-state index contributed by atoms with van der Waals surface area (Å²) < 4.78 is 19.0. The van der Waals surface area contributed by atoms with Gasteiger partial charge in [0.15, 0.2) is 5.58 Å². The molecule has 11 aromatic rings. The van der Waals surface area contributed by atoms with Gasteiger partial charge in [-0.3, -0.25) is 0 Å². The van der Waals surface area contributed by atoms with E-state index in [4.69, 9.17) is 13.3 Å². The van der Waals surface area contributed by atoms with Gasteiger partial charge in [-0.05, 0) is 95.1 Å². The third-order valence-corrected chi connectivity index (χ3v) is 10.3. The van der Waals surface area contributed by atoms with E-state index in [1.165, 1.54) is 0 Å². The van der Waals surface area contributed by atoms with E-state index >= 15 is 0 Å². The highest BCUT2D eigenvalue weighted by Gasteiger charge is 2.20. The molecule has 0 unspecified atom stereocenters. The summed E-state index contributed by atoms with van der Waals surface area (Å²) in [5, 5.41) is 6.72. The molecule has 0 saturated heterocycles. The molecular weight excluding hydrogens is 639 g/mol. The maximum absolute atomic E-state index is 6.56. The van der Waals surface area contributed by atoms with Crippen molar-refractivity contribution in [1.29, 1.82) is 0 Å². The van der Waals surface area contributed by atoms with Gasteiger partial charge in [0.25, 0.3) is 0 Å².